The minimum atomic E-state index is -0.894. The zero-order valence-corrected chi connectivity index (χ0v) is 10.2. The van der Waals surface area contributed by atoms with Gasteiger partial charge in [0.2, 0.25) is 0 Å². The molecule has 0 aliphatic heterocycles. The average molecular weight is 238 g/mol. The lowest BCUT2D eigenvalue weighted by molar-refractivity contribution is -0.140. The van der Waals surface area contributed by atoms with E-state index >= 15 is 0 Å². The summed E-state index contributed by atoms with van der Waals surface area (Å²) < 4.78 is 5.13. The molecule has 0 saturated carbocycles. The van der Waals surface area contributed by atoms with Crippen LogP contribution in [0.4, 0.5) is 0 Å². The largest absolute Gasteiger partial charge is 0.497 e. The number of rotatable bonds is 6. The number of ether oxygens (including phenoxy) is 1. The molecule has 1 aromatic rings. The third kappa shape index (κ3) is 3.18. The van der Waals surface area contributed by atoms with Crippen molar-refractivity contribution in [1.29, 1.82) is 0 Å². The molecule has 5 nitrogen and oxygen atoms in total. The van der Waals surface area contributed by atoms with Gasteiger partial charge in [-0.05, 0) is 31.8 Å². The molecule has 0 fully saturated rings. The first-order chi connectivity index (χ1) is 8.13. The van der Waals surface area contributed by atoms with Gasteiger partial charge in [-0.2, -0.15) is 0 Å². The van der Waals surface area contributed by atoms with Gasteiger partial charge in [-0.25, -0.2) is 0 Å². The van der Waals surface area contributed by atoms with Crippen molar-refractivity contribution in [1.82, 2.24) is 10.6 Å². The molecule has 0 aliphatic rings. The number of nitrogens with one attached hydrogen (secondary N) is 2. The summed E-state index contributed by atoms with van der Waals surface area (Å²) in [5.41, 5.74) is 0.869. The lowest BCUT2D eigenvalue weighted by atomic mass is 9.99. The summed E-state index contributed by atoms with van der Waals surface area (Å²) in [6, 6.07) is 6.36. The van der Waals surface area contributed by atoms with Gasteiger partial charge in [-0.15, -0.1) is 0 Å². The molecule has 5 heteroatoms. The van der Waals surface area contributed by atoms with E-state index in [0.717, 1.165) is 5.56 Å². The van der Waals surface area contributed by atoms with E-state index in [9.17, 15) is 4.79 Å². The van der Waals surface area contributed by atoms with E-state index in [1.165, 1.54) is 0 Å². The van der Waals surface area contributed by atoms with Crippen LogP contribution < -0.4 is 15.4 Å². The lowest BCUT2D eigenvalue weighted by Crippen LogP contribution is -2.44. The summed E-state index contributed by atoms with van der Waals surface area (Å²) in [7, 11) is 4.95. The van der Waals surface area contributed by atoms with E-state index in [4.69, 9.17) is 9.84 Å². The van der Waals surface area contributed by atoms with Crippen molar-refractivity contribution in [2.75, 3.05) is 21.2 Å². The first-order valence-corrected chi connectivity index (χ1v) is 5.35. The van der Waals surface area contributed by atoms with Crippen molar-refractivity contribution in [3.63, 3.8) is 0 Å². The second-order valence-electron chi connectivity index (χ2n) is 3.65. The number of likely N-dealkylation sites (N-methyl/N-ethyl adjacent to an activating group) is 2. The molecule has 0 heterocycles. The summed E-state index contributed by atoms with van der Waals surface area (Å²) in [6.07, 6.45) is 0. The van der Waals surface area contributed by atoms with Crippen LogP contribution in [0.5, 0.6) is 5.75 Å². The molecular weight excluding hydrogens is 220 g/mol. The van der Waals surface area contributed by atoms with Gasteiger partial charge in [-0.3, -0.25) is 4.79 Å². The van der Waals surface area contributed by atoms with Gasteiger partial charge in [0.25, 0.3) is 0 Å². The average Bonchev–Trinajstić information content (AvgIpc) is 2.35. The first-order valence-electron chi connectivity index (χ1n) is 5.35. The van der Waals surface area contributed by atoms with Crippen molar-refractivity contribution >= 4 is 5.97 Å². The third-order valence-corrected chi connectivity index (χ3v) is 2.67. The second kappa shape index (κ2) is 6.22. The fraction of sp³-hybridized carbons (Fsp3) is 0.417. The van der Waals surface area contributed by atoms with Crippen LogP contribution in [0.1, 0.15) is 11.6 Å². The molecule has 2 unspecified atom stereocenters. The predicted molar refractivity (Wildman–Crippen MR) is 65.3 cm³/mol. The third-order valence-electron chi connectivity index (χ3n) is 2.67. The van der Waals surface area contributed by atoms with E-state index in [1.54, 1.807) is 21.2 Å². The molecule has 0 aliphatic carbocycles. The Balaban J connectivity index is 3.03. The van der Waals surface area contributed by atoms with Gasteiger partial charge in [0.1, 0.15) is 11.8 Å². The van der Waals surface area contributed by atoms with E-state index < -0.39 is 12.0 Å². The fourth-order valence-electron chi connectivity index (χ4n) is 1.79. The van der Waals surface area contributed by atoms with Gasteiger partial charge in [0.05, 0.1) is 13.2 Å². The van der Waals surface area contributed by atoms with E-state index in [2.05, 4.69) is 10.6 Å². The monoisotopic (exact) mass is 238 g/mol. The van der Waals surface area contributed by atoms with E-state index in [0.29, 0.717) is 5.75 Å². The Morgan fingerprint density at radius 3 is 2.53 bits per heavy atom. The molecule has 94 valence electrons. The molecule has 0 spiro atoms. The highest BCUT2D eigenvalue weighted by molar-refractivity contribution is 5.74. The summed E-state index contributed by atoms with van der Waals surface area (Å²) in [4.78, 5) is 11.1. The summed E-state index contributed by atoms with van der Waals surface area (Å²) in [5, 5.41) is 14.9. The second-order valence-corrected chi connectivity index (χ2v) is 3.65. The van der Waals surface area contributed by atoms with E-state index in [-0.39, 0.29) is 6.04 Å². The Kier molecular flexibility index (Phi) is 4.93. The summed E-state index contributed by atoms with van der Waals surface area (Å²) in [5.74, 6) is -0.183. The molecule has 0 aromatic heterocycles. The van der Waals surface area contributed by atoms with Gasteiger partial charge in [-0.1, -0.05) is 12.1 Å². The minimum absolute atomic E-state index is 0.312. The molecule has 0 radical (unpaired) electrons. The number of methoxy groups -OCH3 is 1. The van der Waals surface area contributed by atoms with Crippen molar-refractivity contribution in [3.8, 4) is 5.75 Å². The summed E-state index contributed by atoms with van der Waals surface area (Å²) in [6.45, 7) is 0. The van der Waals surface area contributed by atoms with Crippen LogP contribution in [0, 0.1) is 0 Å². The van der Waals surface area contributed by atoms with Crippen LogP contribution in [0.2, 0.25) is 0 Å². The number of hydrogen-bond acceptors (Lipinski definition) is 4. The number of aliphatic carboxylic acids is 1. The Hall–Kier alpha value is -1.59. The standard InChI is InChI=1S/C12H18N2O3/c1-13-10(11(14-2)12(15)16)8-5-4-6-9(7-8)17-3/h4-7,10-11,13-14H,1-3H3,(H,15,16). The maximum absolute atomic E-state index is 11.1. The van der Waals surface area contributed by atoms with Crippen LogP contribution in [-0.4, -0.2) is 38.3 Å². The quantitative estimate of drug-likeness (QED) is 0.678. The van der Waals surface area contributed by atoms with Gasteiger partial charge in [0.15, 0.2) is 0 Å². The van der Waals surface area contributed by atoms with Crippen molar-refractivity contribution < 1.29 is 14.6 Å². The van der Waals surface area contributed by atoms with Gasteiger partial charge < -0.3 is 20.5 Å². The Morgan fingerprint density at radius 2 is 2.06 bits per heavy atom. The first kappa shape index (κ1) is 13.5. The predicted octanol–water partition coefficient (Wildman–Crippen LogP) is 0.628. The highest BCUT2D eigenvalue weighted by Gasteiger charge is 2.26. The Morgan fingerprint density at radius 1 is 1.35 bits per heavy atom. The van der Waals surface area contributed by atoms with Crippen molar-refractivity contribution in [3.05, 3.63) is 29.8 Å². The maximum Gasteiger partial charge on any atom is 0.322 e. The van der Waals surface area contributed by atoms with Gasteiger partial charge in [0, 0.05) is 0 Å². The van der Waals surface area contributed by atoms with Crippen LogP contribution in [0.3, 0.4) is 0 Å². The molecule has 0 amide bonds. The number of carboxylic acid groups (broad SMARTS) is 1. The van der Waals surface area contributed by atoms with Crippen LogP contribution in [0.15, 0.2) is 24.3 Å². The molecular formula is C12H18N2O3. The topological polar surface area (TPSA) is 70.6 Å². The maximum atomic E-state index is 11.1. The fourth-order valence-corrected chi connectivity index (χ4v) is 1.79. The smallest absolute Gasteiger partial charge is 0.322 e. The Bertz CT molecular complexity index is 382. The lowest BCUT2D eigenvalue weighted by Gasteiger charge is -2.23. The number of carbonyl (C=O) groups is 1. The number of carboxylic acids is 1. The van der Waals surface area contributed by atoms with Crippen molar-refractivity contribution in [2.45, 2.75) is 12.1 Å². The summed E-state index contributed by atoms with van der Waals surface area (Å²) >= 11 is 0. The molecule has 0 bridgehead atoms. The molecule has 1 rings (SSSR count). The highest BCUT2D eigenvalue weighted by atomic mass is 16.5. The highest BCUT2D eigenvalue weighted by Crippen LogP contribution is 2.21. The normalized spacial score (nSPS) is 14.1. The number of benzene rings is 1. The van der Waals surface area contributed by atoms with E-state index in [1.807, 2.05) is 24.3 Å². The zero-order chi connectivity index (χ0) is 12.8. The minimum Gasteiger partial charge on any atom is -0.497 e. The molecule has 2 atom stereocenters. The zero-order valence-electron chi connectivity index (χ0n) is 10.2. The van der Waals surface area contributed by atoms with Crippen LogP contribution in [0.25, 0.3) is 0 Å². The number of hydrogen-bond donors (Lipinski definition) is 3. The SMILES string of the molecule is CNC(C(=O)O)C(NC)c1cccc(OC)c1. The van der Waals surface area contributed by atoms with Gasteiger partial charge >= 0.3 is 5.97 Å². The Labute approximate surface area is 101 Å². The molecule has 0 saturated heterocycles. The van der Waals surface area contributed by atoms with Crippen molar-refractivity contribution in [2.24, 2.45) is 0 Å². The van der Waals surface area contributed by atoms with Crippen LogP contribution >= 0.6 is 0 Å². The molecule has 17 heavy (non-hydrogen) atoms. The molecule has 1 aromatic carbocycles. The van der Waals surface area contributed by atoms with Crippen LogP contribution in [-0.2, 0) is 4.79 Å². The molecule has 3 N–H and O–H groups in total.